The fraction of sp³-hybridized carbons (Fsp3) is 0.650. The van der Waals surface area contributed by atoms with E-state index in [1.807, 2.05) is 31.7 Å². The van der Waals surface area contributed by atoms with E-state index in [0.29, 0.717) is 10.7 Å². The van der Waals surface area contributed by atoms with Crippen molar-refractivity contribution < 1.29 is 4.79 Å². The van der Waals surface area contributed by atoms with Gasteiger partial charge in [0.15, 0.2) is 5.78 Å². The summed E-state index contributed by atoms with van der Waals surface area (Å²) in [6, 6.07) is 6.20. The van der Waals surface area contributed by atoms with Crippen LogP contribution in [0.4, 0.5) is 0 Å². The van der Waals surface area contributed by atoms with Gasteiger partial charge in [0.2, 0.25) is 0 Å². The summed E-state index contributed by atoms with van der Waals surface area (Å²) < 4.78 is 0. The topological polar surface area (TPSA) is 17.1 Å². The first-order chi connectivity index (χ1) is 10.4. The molecule has 0 radical (unpaired) electrons. The molecular weight excluding hydrogens is 288 g/mol. The van der Waals surface area contributed by atoms with Crippen LogP contribution in [0.1, 0.15) is 83.1 Å². The molecule has 1 atom stereocenters. The Morgan fingerprint density at radius 3 is 2.55 bits per heavy atom. The number of hydrogen-bond acceptors (Lipinski definition) is 2. The van der Waals surface area contributed by atoms with Gasteiger partial charge < -0.3 is 0 Å². The van der Waals surface area contributed by atoms with Crippen LogP contribution in [0.5, 0.6) is 0 Å². The molecule has 1 aliphatic rings. The van der Waals surface area contributed by atoms with Crippen LogP contribution in [0.15, 0.2) is 23.1 Å². The number of thioether (sulfide) groups is 1. The normalized spacial score (nSPS) is 20.0. The molecule has 1 aliphatic carbocycles. The first-order valence-corrected chi connectivity index (χ1v) is 9.60. The quantitative estimate of drug-likeness (QED) is 0.586. The summed E-state index contributed by atoms with van der Waals surface area (Å²) >= 11 is 2.00. The fourth-order valence-electron chi connectivity index (χ4n) is 3.08. The van der Waals surface area contributed by atoms with Gasteiger partial charge in [0.05, 0.1) is 0 Å². The third kappa shape index (κ3) is 5.46. The second kappa shape index (κ2) is 8.76. The van der Waals surface area contributed by atoms with E-state index in [4.69, 9.17) is 0 Å². The Balaban J connectivity index is 0.00000116. The summed E-state index contributed by atoms with van der Waals surface area (Å²) in [6.07, 6.45) is 6.31. The second-order valence-electron chi connectivity index (χ2n) is 6.73. The second-order valence-corrected chi connectivity index (χ2v) is 8.07. The van der Waals surface area contributed by atoms with Crippen molar-refractivity contribution in [2.75, 3.05) is 0 Å². The Bertz CT molecular complexity index is 490. The molecule has 1 unspecified atom stereocenters. The standard InChI is InChI=1S/C18H26OS.C2H6/c1-5-14-8-9-15(13(2)19)11-17(14)20-16-7-6-10-18(3,4)12-16;1-2/h8-9,11,16H,5-7,10,12H2,1-4H3;1-2H3. The highest BCUT2D eigenvalue weighted by Crippen LogP contribution is 2.43. The Labute approximate surface area is 141 Å². The molecule has 124 valence electrons. The predicted octanol–water partition coefficient (Wildman–Crippen LogP) is 6.54. The summed E-state index contributed by atoms with van der Waals surface area (Å²) in [7, 11) is 0. The highest BCUT2D eigenvalue weighted by Gasteiger charge is 2.28. The van der Waals surface area contributed by atoms with Gasteiger partial charge in [0.25, 0.3) is 0 Å². The highest BCUT2D eigenvalue weighted by atomic mass is 32.2. The Kier molecular flexibility index (Phi) is 7.68. The zero-order valence-electron chi connectivity index (χ0n) is 15.2. The van der Waals surface area contributed by atoms with E-state index in [1.165, 1.54) is 36.1 Å². The molecule has 0 aliphatic heterocycles. The van der Waals surface area contributed by atoms with Crippen molar-refractivity contribution >= 4 is 17.5 Å². The summed E-state index contributed by atoms with van der Waals surface area (Å²) in [5.41, 5.74) is 2.70. The molecule has 1 aromatic carbocycles. The number of Topliss-reactive ketones (excluding diaryl/α,β-unsaturated/α-hetero) is 1. The van der Waals surface area contributed by atoms with Crippen LogP contribution in [-0.4, -0.2) is 11.0 Å². The average Bonchev–Trinajstić information content (AvgIpc) is 2.48. The van der Waals surface area contributed by atoms with Crippen molar-refractivity contribution in [3.05, 3.63) is 29.3 Å². The minimum Gasteiger partial charge on any atom is -0.295 e. The van der Waals surface area contributed by atoms with Crippen molar-refractivity contribution in [2.45, 2.75) is 83.8 Å². The summed E-state index contributed by atoms with van der Waals surface area (Å²) in [4.78, 5) is 12.9. The molecule has 0 aromatic heterocycles. The lowest BCUT2D eigenvalue weighted by molar-refractivity contribution is 0.101. The molecule has 0 spiro atoms. The maximum absolute atomic E-state index is 11.6. The molecule has 1 fully saturated rings. The van der Waals surface area contributed by atoms with Crippen molar-refractivity contribution in [3.63, 3.8) is 0 Å². The van der Waals surface area contributed by atoms with Crippen molar-refractivity contribution in [1.29, 1.82) is 0 Å². The van der Waals surface area contributed by atoms with Gasteiger partial charge in [-0.1, -0.05) is 53.2 Å². The molecule has 22 heavy (non-hydrogen) atoms. The van der Waals surface area contributed by atoms with E-state index in [2.05, 4.69) is 32.9 Å². The van der Waals surface area contributed by atoms with Gasteiger partial charge in [-0.15, -0.1) is 11.8 Å². The molecule has 1 nitrogen and oxygen atoms in total. The lowest BCUT2D eigenvalue weighted by Crippen LogP contribution is -2.24. The van der Waals surface area contributed by atoms with E-state index >= 15 is 0 Å². The number of rotatable bonds is 4. The molecule has 0 N–H and O–H groups in total. The largest absolute Gasteiger partial charge is 0.295 e. The minimum atomic E-state index is 0.165. The van der Waals surface area contributed by atoms with Crippen molar-refractivity contribution in [2.24, 2.45) is 5.41 Å². The highest BCUT2D eigenvalue weighted by molar-refractivity contribution is 8.00. The monoisotopic (exact) mass is 320 g/mol. The van der Waals surface area contributed by atoms with Crippen LogP contribution in [0.25, 0.3) is 0 Å². The molecule has 0 saturated heterocycles. The molecular formula is C20H32OS. The predicted molar refractivity (Wildman–Crippen MR) is 99.1 cm³/mol. The van der Waals surface area contributed by atoms with Gasteiger partial charge in [0.1, 0.15) is 0 Å². The van der Waals surface area contributed by atoms with Crippen LogP contribution in [-0.2, 0) is 6.42 Å². The lowest BCUT2D eigenvalue weighted by Gasteiger charge is -2.35. The first kappa shape index (κ1) is 19.3. The van der Waals surface area contributed by atoms with E-state index < -0.39 is 0 Å². The maximum Gasteiger partial charge on any atom is 0.159 e. The number of carbonyl (C=O) groups excluding carboxylic acids is 1. The maximum atomic E-state index is 11.6. The third-order valence-corrected chi connectivity index (χ3v) is 5.68. The first-order valence-electron chi connectivity index (χ1n) is 8.72. The number of aryl methyl sites for hydroxylation is 1. The number of hydrogen-bond donors (Lipinski definition) is 0. The molecule has 0 bridgehead atoms. The van der Waals surface area contributed by atoms with Crippen LogP contribution in [0.2, 0.25) is 0 Å². The number of ketones is 1. The van der Waals surface area contributed by atoms with Crippen LogP contribution >= 0.6 is 11.8 Å². The molecule has 0 amide bonds. The van der Waals surface area contributed by atoms with Crippen LogP contribution < -0.4 is 0 Å². The van der Waals surface area contributed by atoms with Gasteiger partial charge in [-0.2, -0.15) is 0 Å². The Hall–Kier alpha value is -0.760. The molecule has 1 aromatic rings. The summed E-state index contributed by atoms with van der Waals surface area (Å²) in [5, 5.41) is 0.700. The van der Waals surface area contributed by atoms with Gasteiger partial charge in [-0.25, -0.2) is 0 Å². The minimum absolute atomic E-state index is 0.165. The average molecular weight is 321 g/mol. The fourth-order valence-corrected chi connectivity index (χ4v) is 4.82. The van der Waals surface area contributed by atoms with Crippen LogP contribution in [0, 0.1) is 5.41 Å². The van der Waals surface area contributed by atoms with E-state index in [-0.39, 0.29) is 5.78 Å². The van der Waals surface area contributed by atoms with Gasteiger partial charge >= 0.3 is 0 Å². The van der Waals surface area contributed by atoms with Crippen LogP contribution in [0.3, 0.4) is 0 Å². The lowest BCUT2D eigenvalue weighted by atomic mass is 9.77. The van der Waals surface area contributed by atoms with E-state index in [9.17, 15) is 4.79 Å². The third-order valence-electron chi connectivity index (χ3n) is 4.31. The molecule has 0 heterocycles. The Morgan fingerprint density at radius 1 is 1.32 bits per heavy atom. The van der Waals surface area contributed by atoms with Crippen molar-refractivity contribution in [1.82, 2.24) is 0 Å². The Morgan fingerprint density at radius 2 is 2.00 bits per heavy atom. The SMILES string of the molecule is CC.CCc1ccc(C(C)=O)cc1SC1CCCC(C)(C)C1. The molecule has 1 saturated carbocycles. The van der Waals surface area contributed by atoms with Crippen molar-refractivity contribution in [3.8, 4) is 0 Å². The zero-order valence-corrected chi connectivity index (χ0v) is 16.0. The number of carbonyl (C=O) groups is 1. The molecule has 2 rings (SSSR count). The number of benzene rings is 1. The van der Waals surface area contributed by atoms with Gasteiger partial charge in [0, 0.05) is 15.7 Å². The van der Waals surface area contributed by atoms with Gasteiger partial charge in [-0.3, -0.25) is 4.79 Å². The molecule has 2 heteroatoms. The van der Waals surface area contributed by atoms with E-state index in [0.717, 1.165) is 12.0 Å². The smallest absolute Gasteiger partial charge is 0.159 e. The van der Waals surface area contributed by atoms with Gasteiger partial charge in [-0.05, 0) is 49.7 Å². The summed E-state index contributed by atoms with van der Waals surface area (Å²) in [5.74, 6) is 0.165. The summed E-state index contributed by atoms with van der Waals surface area (Å²) in [6.45, 7) is 12.6. The van der Waals surface area contributed by atoms with E-state index in [1.54, 1.807) is 6.92 Å². The zero-order chi connectivity index (χ0) is 16.8.